The molecule has 42 heavy (non-hydrogen) atoms. The van der Waals surface area contributed by atoms with Gasteiger partial charge in [0.2, 0.25) is 0 Å². The van der Waals surface area contributed by atoms with Crippen molar-refractivity contribution in [3.8, 4) is 0 Å². The molecule has 4 fully saturated rings. The van der Waals surface area contributed by atoms with Gasteiger partial charge in [-0.3, -0.25) is 0 Å². The van der Waals surface area contributed by atoms with Crippen LogP contribution in [0.15, 0.2) is 0 Å². The lowest BCUT2D eigenvalue weighted by Crippen LogP contribution is -2.65. The van der Waals surface area contributed by atoms with Crippen molar-refractivity contribution in [2.45, 2.75) is 129 Å². The van der Waals surface area contributed by atoms with Crippen molar-refractivity contribution < 1.29 is 59.1 Å². The van der Waals surface area contributed by atoms with E-state index in [0.29, 0.717) is 12.8 Å². The third kappa shape index (κ3) is 7.06. The summed E-state index contributed by atoms with van der Waals surface area (Å²) in [5, 5.41) is 62.7. The number of aliphatic hydroxyl groups excluding tert-OH is 6. The molecule has 0 aromatic carbocycles. The average Bonchev–Trinajstić information content (AvgIpc) is 3.27. The van der Waals surface area contributed by atoms with E-state index in [2.05, 4.69) is 0 Å². The summed E-state index contributed by atoms with van der Waals surface area (Å²) in [6.07, 6.45) is -15.6. The van der Waals surface area contributed by atoms with Gasteiger partial charge in [0, 0.05) is 25.2 Å². The Hall–Kier alpha value is -0.720. The van der Waals surface area contributed by atoms with Gasteiger partial charge in [0.1, 0.15) is 48.8 Å². The smallest absolute Gasteiger partial charge is 0.187 e. The van der Waals surface area contributed by atoms with Gasteiger partial charge < -0.3 is 93.5 Å². The molecule has 0 aromatic rings. The van der Waals surface area contributed by atoms with Crippen molar-refractivity contribution in [3.05, 3.63) is 0 Å². The highest BCUT2D eigenvalue weighted by atomic mass is 16.8. The Kier molecular flexibility index (Phi) is 11.9. The maximum absolute atomic E-state index is 11.1. The summed E-state index contributed by atoms with van der Waals surface area (Å²) in [4.78, 5) is 0. The zero-order chi connectivity index (χ0) is 30.9. The van der Waals surface area contributed by atoms with Crippen LogP contribution in [-0.2, 0) is 28.4 Å². The van der Waals surface area contributed by atoms with Crippen molar-refractivity contribution in [2.75, 3.05) is 19.7 Å². The van der Waals surface area contributed by atoms with Gasteiger partial charge in [0.05, 0.1) is 37.0 Å². The summed E-state index contributed by atoms with van der Waals surface area (Å²) in [6.45, 7) is -0.785. The fourth-order valence-electron chi connectivity index (χ4n) is 5.87. The molecule has 0 aromatic heterocycles. The van der Waals surface area contributed by atoms with Gasteiger partial charge in [-0.05, 0) is 19.3 Å². The Balaban J connectivity index is 1.48. The third-order valence-electron chi connectivity index (χ3n) is 8.50. The summed E-state index contributed by atoms with van der Waals surface area (Å²) in [7, 11) is 0. The van der Waals surface area contributed by atoms with E-state index in [-0.39, 0.29) is 19.5 Å². The van der Waals surface area contributed by atoms with Gasteiger partial charge in [0.15, 0.2) is 18.9 Å². The molecule has 4 aliphatic rings. The maximum atomic E-state index is 11.1. The molecule has 0 bridgehead atoms. The summed E-state index contributed by atoms with van der Waals surface area (Å²) in [5.41, 5.74) is 35.9. The largest absolute Gasteiger partial charge is 0.394 e. The summed E-state index contributed by atoms with van der Waals surface area (Å²) < 4.78 is 35.2. The minimum absolute atomic E-state index is 0.0236. The molecule has 0 spiro atoms. The van der Waals surface area contributed by atoms with Crippen LogP contribution in [0.3, 0.4) is 0 Å². The van der Waals surface area contributed by atoms with Crippen molar-refractivity contribution in [1.82, 2.24) is 0 Å². The first kappa shape index (κ1) is 34.2. The third-order valence-corrected chi connectivity index (χ3v) is 8.50. The van der Waals surface area contributed by atoms with Gasteiger partial charge >= 0.3 is 0 Å². The van der Waals surface area contributed by atoms with Crippen LogP contribution < -0.4 is 34.4 Å². The first-order valence-corrected chi connectivity index (χ1v) is 14.3. The van der Waals surface area contributed by atoms with E-state index in [0.717, 1.165) is 0 Å². The number of hydrogen-bond donors (Lipinski definition) is 12. The molecule has 0 radical (unpaired) electrons. The molecule has 246 valence electrons. The monoisotopic (exact) mass is 612 g/mol. The van der Waals surface area contributed by atoms with E-state index >= 15 is 0 Å². The molecule has 1 aliphatic carbocycles. The lowest BCUT2D eigenvalue weighted by atomic mass is 9.84. The highest BCUT2D eigenvalue weighted by Crippen LogP contribution is 2.34. The number of ether oxygens (including phenoxy) is 6. The quantitative estimate of drug-likeness (QED) is 0.109. The highest BCUT2D eigenvalue weighted by Gasteiger charge is 2.53. The van der Waals surface area contributed by atoms with E-state index in [4.69, 9.17) is 62.8 Å². The zero-order valence-corrected chi connectivity index (χ0v) is 23.2. The first-order valence-electron chi connectivity index (χ1n) is 14.3. The molecule has 3 saturated heterocycles. The van der Waals surface area contributed by atoms with E-state index < -0.39 is 117 Å². The molecule has 3 aliphatic heterocycles. The molecule has 18 heteroatoms. The molecule has 0 amide bonds. The second-order valence-corrected chi connectivity index (χ2v) is 11.5. The van der Waals surface area contributed by atoms with Crippen molar-refractivity contribution >= 4 is 0 Å². The number of nitrogens with two attached hydrogens (primary N) is 6. The van der Waals surface area contributed by atoms with Crippen LogP contribution in [0.5, 0.6) is 0 Å². The minimum atomic E-state index is -1.56. The zero-order valence-electron chi connectivity index (χ0n) is 23.2. The molecular weight excluding hydrogens is 564 g/mol. The number of rotatable bonds is 10. The lowest BCUT2D eigenvalue weighted by Gasteiger charge is -2.46. The second kappa shape index (κ2) is 14.6. The Morgan fingerprint density at radius 3 is 1.95 bits per heavy atom. The van der Waals surface area contributed by atoms with Crippen LogP contribution in [0.1, 0.15) is 19.3 Å². The summed E-state index contributed by atoms with van der Waals surface area (Å²) in [5.74, 6) is 0. The van der Waals surface area contributed by atoms with E-state index in [1.54, 1.807) is 0 Å². The predicted molar refractivity (Wildman–Crippen MR) is 142 cm³/mol. The highest BCUT2D eigenvalue weighted by molar-refractivity contribution is 5.01. The van der Waals surface area contributed by atoms with Crippen LogP contribution in [0.25, 0.3) is 0 Å². The van der Waals surface area contributed by atoms with Crippen LogP contribution in [0.4, 0.5) is 0 Å². The van der Waals surface area contributed by atoms with Gasteiger partial charge in [-0.15, -0.1) is 0 Å². The lowest BCUT2D eigenvalue weighted by molar-refractivity contribution is -0.293. The Bertz CT molecular complexity index is 854. The van der Waals surface area contributed by atoms with Gasteiger partial charge in [-0.1, -0.05) is 0 Å². The molecule has 3 heterocycles. The van der Waals surface area contributed by atoms with Crippen molar-refractivity contribution in [2.24, 2.45) is 34.4 Å². The Morgan fingerprint density at radius 1 is 0.667 bits per heavy atom. The van der Waals surface area contributed by atoms with Crippen LogP contribution >= 0.6 is 0 Å². The molecule has 18 N–H and O–H groups in total. The average molecular weight is 613 g/mol. The Morgan fingerprint density at radius 2 is 1.31 bits per heavy atom. The summed E-state index contributed by atoms with van der Waals surface area (Å²) in [6, 6.07) is -3.36. The standard InChI is InChI=1S/C24H48N6O12/c25-4-10(32)11-2-1-7(27)22(37-11)40-19-9(29)3-8(28)15(33)21(19)42-24-18(36)20(13(6-31)39-24)41-23-14(30)17(35)16(34)12(5-26)38-23/h7-24,31-36H,1-6,25-30H2/t7-,8-,9+,10+,11+,12+,13-,14-,15+,16-,17-,18-,19-,20-,21-,22-,23?,24+/m1/s1. The van der Waals surface area contributed by atoms with Crippen LogP contribution in [-0.4, -0.2) is 161 Å². The molecule has 1 saturated carbocycles. The topological polar surface area (TPSA) is 333 Å². The van der Waals surface area contributed by atoms with Gasteiger partial charge in [-0.25, -0.2) is 0 Å². The number of aliphatic hydroxyl groups is 6. The normalized spacial score (nSPS) is 51.0. The SMILES string of the molecule is NC[C@@H]1OC(O[C@H]2[C@@H](O)[C@H](O[C@@H]3[C@@H](O)[C@H](N)C[C@H](N)[C@H]3O[C@H]3O[C@H]([C@@H](O)CN)CC[C@H]3N)O[C@@H]2CO)[C@H](N)[C@@H](O)[C@@H]1O. The molecular formula is C24H48N6O12. The van der Waals surface area contributed by atoms with E-state index in [1.165, 1.54) is 0 Å². The first-order chi connectivity index (χ1) is 19.9. The van der Waals surface area contributed by atoms with Crippen LogP contribution in [0, 0.1) is 0 Å². The van der Waals surface area contributed by atoms with Gasteiger partial charge in [-0.2, -0.15) is 0 Å². The van der Waals surface area contributed by atoms with Crippen LogP contribution in [0.2, 0.25) is 0 Å². The fourth-order valence-corrected chi connectivity index (χ4v) is 5.87. The molecule has 18 atom stereocenters. The van der Waals surface area contributed by atoms with E-state index in [1.807, 2.05) is 0 Å². The van der Waals surface area contributed by atoms with Gasteiger partial charge in [0.25, 0.3) is 0 Å². The summed E-state index contributed by atoms with van der Waals surface area (Å²) >= 11 is 0. The molecule has 18 nitrogen and oxygen atoms in total. The fraction of sp³-hybridized carbons (Fsp3) is 1.00. The predicted octanol–water partition coefficient (Wildman–Crippen LogP) is -7.48. The Labute approximate surface area is 243 Å². The molecule has 4 rings (SSSR count). The second-order valence-electron chi connectivity index (χ2n) is 11.5. The van der Waals surface area contributed by atoms with E-state index in [9.17, 15) is 30.6 Å². The minimum Gasteiger partial charge on any atom is -0.394 e. The number of hydrogen-bond acceptors (Lipinski definition) is 18. The molecule has 1 unspecified atom stereocenters. The maximum Gasteiger partial charge on any atom is 0.187 e. The van der Waals surface area contributed by atoms with Crippen molar-refractivity contribution in [3.63, 3.8) is 0 Å². The van der Waals surface area contributed by atoms with Crippen molar-refractivity contribution in [1.29, 1.82) is 0 Å².